The highest BCUT2D eigenvalue weighted by atomic mass is 16.4. The first-order valence-corrected chi connectivity index (χ1v) is 8.95. The summed E-state index contributed by atoms with van der Waals surface area (Å²) in [4.78, 5) is 12.3. The molecule has 5 heteroatoms. The van der Waals surface area contributed by atoms with Gasteiger partial charge >= 0.3 is 0 Å². The van der Waals surface area contributed by atoms with Crippen LogP contribution in [-0.2, 0) is 17.6 Å². The molecule has 0 radical (unpaired) electrons. The number of fused-ring (bicyclic) bond motifs is 1. The molecular formula is C21H21N3O2. The van der Waals surface area contributed by atoms with E-state index < -0.39 is 0 Å². The molecule has 0 bridgehead atoms. The van der Waals surface area contributed by atoms with Crippen LogP contribution >= 0.6 is 0 Å². The second-order valence-corrected chi connectivity index (χ2v) is 6.72. The van der Waals surface area contributed by atoms with Gasteiger partial charge in [-0.05, 0) is 43.0 Å². The second kappa shape index (κ2) is 7.12. The zero-order valence-corrected chi connectivity index (χ0v) is 14.7. The summed E-state index contributed by atoms with van der Waals surface area (Å²) in [7, 11) is 0. The van der Waals surface area contributed by atoms with E-state index >= 15 is 0 Å². The van der Waals surface area contributed by atoms with E-state index in [0.29, 0.717) is 24.6 Å². The number of benzene rings is 2. The number of aryl methyl sites for hydroxylation is 3. The molecule has 2 aromatic carbocycles. The van der Waals surface area contributed by atoms with Gasteiger partial charge in [0, 0.05) is 18.4 Å². The third kappa shape index (κ3) is 3.52. The number of aromatic nitrogens is 2. The third-order valence-electron chi connectivity index (χ3n) is 4.80. The lowest BCUT2D eigenvalue weighted by molar-refractivity contribution is -0.121. The molecule has 1 aromatic heterocycles. The van der Waals surface area contributed by atoms with Crippen LogP contribution in [0.15, 0.2) is 52.9 Å². The maximum absolute atomic E-state index is 12.3. The Bertz CT molecular complexity index is 915. The Balaban J connectivity index is 1.33. The molecule has 132 valence electrons. The minimum Gasteiger partial charge on any atom is -0.421 e. The molecule has 0 spiro atoms. The molecule has 1 aliphatic carbocycles. The van der Waals surface area contributed by atoms with Crippen LogP contribution < -0.4 is 5.32 Å². The molecule has 0 saturated heterocycles. The van der Waals surface area contributed by atoms with Crippen LogP contribution in [0.4, 0.5) is 0 Å². The van der Waals surface area contributed by atoms with E-state index in [4.69, 9.17) is 4.42 Å². The minimum absolute atomic E-state index is 0.0155. The topological polar surface area (TPSA) is 68.0 Å². The van der Waals surface area contributed by atoms with Gasteiger partial charge < -0.3 is 9.73 Å². The first-order valence-electron chi connectivity index (χ1n) is 8.95. The number of hydrogen-bond acceptors (Lipinski definition) is 4. The van der Waals surface area contributed by atoms with Gasteiger partial charge in [0.1, 0.15) is 0 Å². The molecule has 1 aliphatic rings. The van der Waals surface area contributed by atoms with Gasteiger partial charge in [0.25, 0.3) is 0 Å². The summed E-state index contributed by atoms with van der Waals surface area (Å²) >= 11 is 0. The SMILES string of the molecule is Cc1ccc(-c2nnc(CCC(=O)NC3CCc4ccccc43)o2)cc1. The first kappa shape index (κ1) is 16.5. The average molecular weight is 347 g/mol. The zero-order chi connectivity index (χ0) is 17.9. The monoisotopic (exact) mass is 347 g/mol. The van der Waals surface area contributed by atoms with Gasteiger partial charge in [0.15, 0.2) is 0 Å². The van der Waals surface area contributed by atoms with Gasteiger partial charge in [-0.15, -0.1) is 10.2 Å². The number of hydrogen-bond donors (Lipinski definition) is 1. The number of rotatable bonds is 5. The molecule has 0 aliphatic heterocycles. The first-order chi connectivity index (χ1) is 12.7. The van der Waals surface area contributed by atoms with Gasteiger partial charge in [-0.25, -0.2) is 0 Å². The standard InChI is InChI=1S/C21H21N3O2/c1-14-6-8-16(9-7-14)21-24-23-20(26-21)13-12-19(25)22-18-11-10-15-4-2-3-5-17(15)18/h2-9,18H,10-13H2,1H3,(H,22,25). The van der Waals surface area contributed by atoms with E-state index in [2.05, 4.69) is 27.6 Å². The molecule has 1 atom stereocenters. The predicted octanol–water partition coefficient (Wildman–Crippen LogP) is 3.78. The minimum atomic E-state index is 0.0155. The lowest BCUT2D eigenvalue weighted by Crippen LogP contribution is -2.27. The predicted molar refractivity (Wildman–Crippen MR) is 98.4 cm³/mol. The summed E-state index contributed by atoms with van der Waals surface area (Å²) in [6, 6.07) is 16.3. The second-order valence-electron chi connectivity index (χ2n) is 6.72. The number of amides is 1. The summed E-state index contributed by atoms with van der Waals surface area (Å²) in [6.07, 6.45) is 2.77. The summed E-state index contributed by atoms with van der Waals surface area (Å²) in [5, 5.41) is 11.3. The van der Waals surface area contributed by atoms with Crippen molar-refractivity contribution in [3.8, 4) is 11.5 Å². The molecule has 1 N–H and O–H groups in total. The van der Waals surface area contributed by atoms with Crippen molar-refractivity contribution in [3.05, 3.63) is 71.1 Å². The molecule has 1 unspecified atom stereocenters. The van der Waals surface area contributed by atoms with E-state index in [1.165, 1.54) is 16.7 Å². The van der Waals surface area contributed by atoms with Crippen LogP contribution in [0.25, 0.3) is 11.5 Å². The van der Waals surface area contributed by atoms with E-state index in [-0.39, 0.29) is 11.9 Å². The van der Waals surface area contributed by atoms with E-state index in [1.807, 2.05) is 43.3 Å². The maximum atomic E-state index is 12.3. The van der Waals surface area contributed by atoms with Crippen LogP contribution in [0.5, 0.6) is 0 Å². The van der Waals surface area contributed by atoms with Crippen LogP contribution in [0, 0.1) is 6.92 Å². The van der Waals surface area contributed by atoms with Crippen molar-refractivity contribution in [2.75, 3.05) is 0 Å². The molecule has 26 heavy (non-hydrogen) atoms. The Morgan fingerprint density at radius 3 is 2.81 bits per heavy atom. The maximum Gasteiger partial charge on any atom is 0.247 e. The summed E-state index contributed by atoms with van der Waals surface area (Å²) in [6.45, 7) is 2.03. The van der Waals surface area contributed by atoms with Crippen molar-refractivity contribution in [2.45, 2.75) is 38.6 Å². The molecule has 0 saturated carbocycles. The van der Waals surface area contributed by atoms with Crippen molar-refractivity contribution >= 4 is 5.91 Å². The van der Waals surface area contributed by atoms with Crippen LogP contribution in [-0.4, -0.2) is 16.1 Å². The Morgan fingerprint density at radius 1 is 1.15 bits per heavy atom. The Kier molecular flexibility index (Phi) is 4.52. The fourth-order valence-corrected chi connectivity index (χ4v) is 3.36. The number of nitrogens with one attached hydrogen (secondary N) is 1. The van der Waals surface area contributed by atoms with Gasteiger partial charge in [0.2, 0.25) is 17.7 Å². The zero-order valence-electron chi connectivity index (χ0n) is 14.7. The average Bonchev–Trinajstić information content (AvgIpc) is 3.28. The van der Waals surface area contributed by atoms with E-state index in [9.17, 15) is 4.79 Å². The Morgan fingerprint density at radius 2 is 1.96 bits per heavy atom. The summed E-state index contributed by atoms with van der Waals surface area (Å²) in [5.74, 6) is 0.995. The largest absolute Gasteiger partial charge is 0.421 e. The molecule has 5 nitrogen and oxygen atoms in total. The van der Waals surface area contributed by atoms with Gasteiger partial charge in [0.05, 0.1) is 6.04 Å². The van der Waals surface area contributed by atoms with Crippen molar-refractivity contribution < 1.29 is 9.21 Å². The van der Waals surface area contributed by atoms with Crippen LogP contribution in [0.3, 0.4) is 0 Å². The highest BCUT2D eigenvalue weighted by Gasteiger charge is 2.23. The van der Waals surface area contributed by atoms with Crippen LogP contribution in [0.1, 0.15) is 41.5 Å². The van der Waals surface area contributed by atoms with Gasteiger partial charge in [-0.3, -0.25) is 4.79 Å². The lowest BCUT2D eigenvalue weighted by atomic mass is 10.1. The third-order valence-corrected chi connectivity index (χ3v) is 4.80. The molecular weight excluding hydrogens is 326 g/mol. The van der Waals surface area contributed by atoms with E-state index in [0.717, 1.165) is 18.4 Å². The smallest absolute Gasteiger partial charge is 0.247 e. The molecule has 1 heterocycles. The van der Waals surface area contributed by atoms with Gasteiger partial charge in [-0.1, -0.05) is 42.0 Å². The quantitative estimate of drug-likeness (QED) is 0.763. The fraction of sp³-hybridized carbons (Fsp3) is 0.286. The Hall–Kier alpha value is -2.95. The number of carbonyl (C=O) groups is 1. The van der Waals surface area contributed by atoms with Crippen molar-refractivity contribution in [1.29, 1.82) is 0 Å². The molecule has 0 fully saturated rings. The lowest BCUT2D eigenvalue weighted by Gasteiger charge is -2.13. The normalized spacial score (nSPS) is 15.7. The number of carbonyl (C=O) groups excluding carboxylic acids is 1. The van der Waals surface area contributed by atoms with Crippen molar-refractivity contribution in [1.82, 2.24) is 15.5 Å². The Labute approximate surface area is 152 Å². The molecule has 1 amide bonds. The highest BCUT2D eigenvalue weighted by molar-refractivity contribution is 5.76. The van der Waals surface area contributed by atoms with Crippen molar-refractivity contribution in [2.24, 2.45) is 0 Å². The highest BCUT2D eigenvalue weighted by Crippen LogP contribution is 2.30. The van der Waals surface area contributed by atoms with E-state index in [1.54, 1.807) is 0 Å². The molecule has 4 rings (SSSR count). The van der Waals surface area contributed by atoms with Crippen LogP contribution in [0.2, 0.25) is 0 Å². The summed E-state index contributed by atoms with van der Waals surface area (Å²) in [5.41, 5.74) is 4.64. The molecule has 3 aromatic rings. The number of nitrogens with zero attached hydrogens (tertiary/aromatic N) is 2. The summed E-state index contributed by atoms with van der Waals surface area (Å²) < 4.78 is 5.68. The fourth-order valence-electron chi connectivity index (χ4n) is 3.36. The van der Waals surface area contributed by atoms with Gasteiger partial charge in [-0.2, -0.15) is 0 Å². The van der Waals surface area contributed by atoms with Crippen molar-refractivity contribution in [3.63, 3.8) is 0 Å².